The second kappa shape index (κ2) is 18.4. The Morgan fingerprint density at radius 2 is 1.56 bits per heavy atom. The van der Waals surface area contributed by atoms with Crippen molar-refractivity contribution in [1.82, 2.24) is 4.57 Å². The molecule has 0 spiro atoms. The molecule has 0 saturated heterocycles. The molecule has 2 aliphatic carbocycles. The van der Waals surface area contributed by atoms with E-state index in [1.807, 2.05) is 18.4 Å². The van der Waals surface area contributed by atoms with E-state index in [2.05, 4.69) is 216 Å². The Labute approximate surface area is 364 Å². The summed E-state index contributed by atoms with van der Waals surface area (Å²) in [6.45, 7) is 15.3. The Kier molecular flexibility index (Phi) is 12.4. The molecule has 6 aromatic rings. The third kappa shape index (κ3) is 8.59. The van der Waals surface area contributed by atoms with E-state index >= 15 is 0 Å². The summed E-state index contributed by atoms with van der Waals surface area (Å²) < 4.78 is 2.60. The Morgan fingerprint density at radius 3 is 2.31 bits per heavy atom. The van der Waals surface area contributed by atoms with Gasteiger partial charge in [0.2, 0.25) is 0 Å². The van der Waals surface area contributed by atoms with Gasteiger partial charge in [-0.05, 0) is 131 Å². The monoisotopic (exact) mass is 794 g/mol. The molecule has 0 N–H and O–H groups in total. The molecule has 1 heterocycles. The van der Waals surface area contributed by atoms with Gasteiger partial charge in [-0.1, -0.05) is 173 Å². The molecule has 0 bridgehead atoms. The summed E-state index contributed by atoms with van der Waals surface area (Å²) >= 11 is 0. The molecule has 0 radical (unpaired) electrons. The van der Waals surface area contributed by atoms with Crippen molar-refractivity contribution in [3.63, 3.8) is 0 Å². The van der Waals surface area contributed by atoms with Crippen molar-refractivity contribution < 1.29 is 0 Å². The fraction of sp³-hybridized carbons (Fsp3) is 0.203. The SMILES string of the molecule is C=C/C=C\C=C(/C)c1cc(-c2ccc3c(c2)c(CCC)c(C2CC(C)(C)c4ccccc42)n3-c2ccc(-c3ccccc3)cc2)ccc1N=C/C=C(\C=C/C)C1C=CC=CC1. The number of rotatable bonds is 13. The summed E-state index contributed by atoms with van der Waals surface area (Å²) in [6.07, 6.45) is 29.3. The van der Waals surface area contributed by atoms with Crippen molar-refractivity contribution in [2.24, 2.45) is 10.9 Å². The van der Waals surface area contributed by atoms with Crippen LogP contribution in [0.1, 0.15) is 87.7 Å². The molecule has 61 heavy (non-hydrogen) atoms. The molecule has 2 nitrogen and oxygen atoms in total. The lowest BCUT2D eigenvalue weighted by molar-refractivity contribution is 0.493. The molecule has 1 aromatic heterocycles. The molecule has 5 aromatic carbocycles. The maximum Gasteiger partial charge on any atom is 0.0705 e. The zero-order chi connectivity index (χ0) is 42.3. The largest absolute Gasteiger partial charge is 0.313 e. The number of benzene rings is 5. The number of fused-ring (bicyclic) bond motifs is 2. The van der Waals surface area contributed by atoms with Crippen LogP contribution in [0, 0.1) is 5.92 Å². The van der Waals surface area contributed by atoms with Crippen LogP contribution in [-0.2, 0) is 11.8 Å². The Hall–Kier alpha value is -6.51. The number of hydrogen-bond acceptors (Lipinski definition) is 1. The third-order valence-electron chi connectivity index (χ3n) is 12.6. The predicted octanol–water partition coefficient (Wildman–Crippen LogP) is 16.2. The molecule has 8 rings (SSSR count). The highest BCUT2D eigenvalue weighted by molar-refractivity contribution is 5.93. The highest BCUT2D eigenvalue weighted by Crippen LogP contribution is 2.51. The molecular weight excluding hydrogens is 737 g/mol. The Bertz CT molecular complexity index is 2760. The lowest BCUT2D eigenvalue weighted by atomic mass is 9.85. The van der Waals surface area contributed by atoms with Crippen molar-refractivity contribution in [2.75, 3.05) is 0 Å². The van der Waals surface area contributed by atoms with Gasteiger partial charge >= 0.3 is 0 Å². The molecule has 0 saturated carbocycles. The second-order valence-electron chi connectivity index (χ2n) is 17.1. The van der Waals surface area contributed by atoms with Crippen LogP contribution in [0.5, 0.6) is 0 Å². The van der Waals surface area contributed by atoms with Crippen molar-refractivity contribution in [3.05, 3.63) is 222 Å². The van der Waals surface area contributed by atoms with Gasteiger partial charge in [0, 0.05) is 40.4 Å². The number of aryl methyl sites for hydroxylation is 1. The maximum absolute atomic E-state index is 5.08. The van der Waals surface area contributed by atoms with E-state index in [9.17, 15) is 0 Å². The quantitative estimate of drug-likeness (QED) is 0.0818. The van der Waals surface area contributed by atoms with Gasteiger partial charge < -0.3 is 4.57 Å². The molecular formula is C59H58N2. The van der Waals surface area contributed by atoms with Gasteiger partial charge in [-0.3, -0.25) is 4.99 Å². The highest BCUT2D eigenvalue weighted by Gasteiger charge is 2.40. The molecule has 2 heteroatoms. The molecule has 2 atom stereocenters. The number of aliphatic imine (C=N–C) groups is 1. The van der Waals surface area contributed by atoms with Crippen LogP contribution in [0.4, 0.5) is 5.69 Å². The van der Waals surface area contributed by atoms with Crippen LogP contribution in [-0.4, -0.2) is 10.8 Å². The summed E-state index contributed by atoms with van der Waals surface area (Å²) in [7, 11) is 0. The van der Waals surface area contributed by atoms with Gasteiger partial charge in [0.25, 0.3) is 0 Å². The van der Waals surface area contributed by atoms with Crippen molar-refractivity contribution in [3.8, 4) is 27.9 Å². The van der Waals surface area contributed by atoms with Gasteiger partial charge in [-0.2, -0.15) is 0 Å². The van der Waals surface area contributed by atoms with Gasteiger partial charge in [0.15, 0.2) is 0 Å². The second-order valence-corrected chi connectivity index (χ2v) is 17.1. The standard InChI is InChI=1S/C59H58N2/c1-7-10-13-22-42(4)52-39-47(31-35-56(52)60-38-37-43(20-8-2)44-23-14-11-15-24-44)48-32-36-57-53(40-48)51(21-9-3)58(54-41-59(5,6)55-28-19-18-27-50(54)55)61(57)49-33-29-46(30-34-49)45-25-16-12-17-26-45/h7-8,10-20,22-23,25-40,44,54H,1,9,21,24,41H2,2-6H3/b13-10-,20-8-,42-22+,43-37+,60-38?. The molecule has 2 unspecified atom stereocenters. The minimum absolute atomic E-state index is 0.0789. The normalized spacial score (nSPS) is 17.7. The summed E-state index contributed by atoms with van der Waals surface area (Å²) in [5, 5.41) is 1.33. The summed E-state index contributed by atoms with van der Waals surface area (Å²) in [5.74, 6) is 0.636. The zero-order valence-corrected chi connectivity index (χ0v) is 36.5. The first-order chi connectivity index (χ1) is 29.8. The van der Waals surface area contributed by atoms with Crippen LogP contribution in [0.2, 0.25) is 0 Å². The van der Waals surface area contributed by atoms with Gasteiger partial charge in [-0.25, -0.2) is 0 Å². The molecule has 304 valence electrons. The predicted molar refractivity (Wildman–Crippen MR) is 264 cm³/mol. The lowest BCUT2D eigenvalue weighted by Crippen LogP contribution is -2.14. The number of nitrogens with zero attached hydrogens (tertiary/aromatic N) is 2. The zero-order valence-electron chi connectivity index (χ0n) is 36.5. The van der Waals surface area contributed by atoms with Crippen molar-refractivity contribution >= 4 is 28.4 Å². The van der Waals surface area contributed by atoms with E-state index < -0.39 is 0 Å². The average molecular weight is 795 g/mol. The van der Waals surface area contributed by atoms with E-state index in [4.69, 9.17) is 4.99 Å². The topological polar surface area (TPSA) is 17.3 Å². The minimum Gasteiger partial charge on any atom is -0.313 e. The van der Waals surface area contributed by atoms with E-state index in [0.717, 1.165) is 42.5 Å². The first kappa shape index (κ1) is 41.2. The summed E-state index contributed by atoms with van der Waals surface area (Å²) in [4.78, 5) is 5.08. The molecule has 0 amide bonds. The minimum atomic E-state index is 0.0789. The van der Waals surface area contributed by atoms with Gasteiger partial charge in [0.1, 0.15) is 0 Å². The average Bonchev–Trinajstić information content (AvgIpc) is 3.76. The Morgan fingerprint density at radius 1 is 0.820 bits per heavy atom. The van der Waals surface area contributed by atoms with E-state index in [1.165, 1.54) is 66.8 Å². The van der Waals surface area contributed by atoms with Crippen molar-refractivity contribution in [1.29, 1.82) is 0 Å². The maximum atomic E-state index is 5.08. The van der Waals surface area contributed by atoms with Crippen molar-refractivity contribution in [2.45, 2.75) is 71.6 Å². The molecule has 2 aliphatic rings. The third-order valence-corrected chi connectivity index (χ3v) is 12.6. The first-order valence-corrected chi connectivity index (χ1v) is 22.0. The first-order valence-electron chi connectivity index (χ1n) is 22.0. The van der Waals surface area contributed by atoms with E-state index in [0.29, 0.717) is 5.92 Å². The van der Waals surface area contributed by atoms with E-state index in [-0.39, 0.29) is 11.3 Å². The van der Waals surface area contributed by atoms with Crippen LogP contribution in [0.3, 0.4) is 0 Å². The number of aromatic nitrogens is 1. The van der Waals surface area contributed by atoms with Crippen LogP contribution in [0.15, 0.2) is 199 Å². The summed E-state index contributed by atoms with van der Waals surface area (Å²) in [6, 6.07) is 43.0. The highest BCUT2D eigenvalue weighted by atomic mass is 15.0. The van der Waals surface area contributed by atoms with Gasteiger partial charge in [0.05, 0.1) is 11.2 Å². The Balaban J connectivity index is 1.27. The molecule has 0 fully saturated rings. The molecule has 0 aliphatic heterocycles. The fourth-order valence-corrected chi connectivity index (χ4v) is 9.58. The number of allylic oxidation sites excluding steroid dienone is 13. The fourth-order valence-electron chi connectivity index (χ4n) is 9.58. The van der Waals surface area contributed by atoms with Crippen LogP contribution in [0.25, 0.3) is 44.4 Å². The number of hydrogen-bond donors (Lipinski definition) is 0. The smallest absolute Gasteiger partial charge is 0.0705 e. The van der Waals surface area contributed by atoms with E-state index in [1.54, 1.807) is 0 Å². The summed E-state index contributed by atoms with van der Waals surface area (Å²) in [5.41, 5.74) is 17.7. The van der Waals surface area contributed by atoms with Crippen LogP contribution < -0.4 is 0 Å². The van der Waals surface area contributed by atoms with Gasteiger partial charge in [-0.15, -0.1) is 0 Å². The lowest BCUT2D eigenvalue weighted by Gasteiger charge is -2.22. The van der Waals surface area contributed by atoms with Crippen LogP contribution >= 0.6 is 0 Å².